The Morgan fingerprint density at radius 1 is 1.39 bits per heavy atom. The summed E-state index contributed by atoms with van der Waals surface area (Å²) in [5.41, 5.74) is 8.44. The van der Waals surface area contributed by atoms with Gasteiger partial charge in [-0.05, 0) is 19.3 Å². The first-order valence-corrected chi connectivity index (χ1v) is 7.80. The molecule has 3 rings (SSSR count). The van der Waals surface area contributed by atoms with Crippen LogP contribution in [0.5, 0.6) is 0 Å². The van der Waals surface area contributed by atoms with Crippen LogP contribution in [-0.4, -0.2) is 28.1 Å². The summed E-state index contributed by atoms with van der Waals surface area (Å²) < 4.78 is 5.74. The van der Waals surface area contributed by atoms with Gasteiger partial charge in [-0.2, -0.15) is 11.8 Å². The number of rotatable bonds is 1. The first kappa shape index (κ1) is 12.4. The van der Waals surface area contributed by atoms with E-state index < -0.39 is 0 Å². The van der Waals surface area contributed by atoms with E-state index in [1.807, 2.05) is 18.0 Å². The summed E-state index contributed by atoms with van der Waals surface area (Å²) in [6, 6.07) is 0.109. The first-order valence-electron chi connectivity index (χ1n) is 6.65. The van der Waals surface area contributed by atoms with Crippen LogP contribution in [0.1, 0.15) is 48.5 Å². The molecule has 1 saturated heterocycles. The number of aryl methyl sites for hydroxylation is 1. The van der Waals surface area contributed by atoms with Crippen molar-refractivity contribution in [2.45, 2.75) is 37.8 Å². The van der Waals surface area contributed by atoms with Crippen LogP contribution in [0.25, 0.3) is 0 Å². The molecule has 2 aliphatic rings. The van der Waals surface area contributed by atoms with Crippen LogP contribution in [0.4, 0.5) is 0 Å². The molecule has 5 heteroatoms. The maximum atomic E-state index is 6.16. The fourth-order valence-electron chi connectivity index (χ4n) is 2.56. The predicted molar refractivity (Wildman–Crippen MR) is 72.5 cm³/mol. The Kier molecular flexibility index (Phi) is 3.82. The molecule has 98 valence electrons. The molecule has 2 unspecified atom stereocenters. The van der Waals surface area contributed by atoms with Gasteiger partial charge >= 0.3 is 0 Å². The number of fused-ring (bicyclic) bond motifs is 1. The summed E-state index contributed by atoms with van der Waals surface area (Å²) in [6.45, 7) is 0.801. The third-order valence-corrected chi connectivity index (χ3v) is 4.59. The normalized spacial score (nSPS) is 28.5. The van der Waals surface area contributed by atoms with E-state index >= 15 is 0 Å². The molecule has 0 spiro atoms. The average molecular weight is 265 g/mol. The van der Waals surface area contributed by atoms with Gasteiger partial charge in [-0.3, -0.25) is 0 Å². The topological polar surface area (TPSA) is 61.0 Å². The molecule has 18 heavy (non-hydrogen) atoms. The standard InChI is InChI=1S/C13H19N3OS/c14-10-3-1-2-4-11-9(10)7-15-13(16-11)12-8-18-6-5-17-12/h7,10,12H,1-6,8,14H2. The van der Waals surface area contributed by atoms with Crippen LogP contribution in [0.15, 0.2) is 6.20 Å². The second-order valence-corrected chi connectivity index (χ2v) is 6.07. The molecular formula is C13H19N3OS. The number of nitrogens with two attached hydrogens (primary N) is 1. The van der Waals surface area contributed by atoms with Gasteiger partial charge < -0.3 is 10.5 Å². The van der Waals surface area contributed by atoms with Crippen molar-refractivity contribution in [3.05, 3.63) is 23.3 Å². The zero-order valence-electron chi connectivity index (χ0n) is 10.5. The van der Waals surface area contributed by atoms with Crippen molar-refractivity contribution in [2.75, 3.05) is 18.1 Å². The smallest absolute Gasteiger partial charge is 0.158 e. The summed E-state index contributed by atoms with van der Waals surface area (Å²) in [5.74, 6) is 2.88. The number of aromatic nitrogens is 2. The minimum atomic E-state index is 0.0635. The Morgan fingerprint density at radius 3 is 3.17 bits per heavy atom. The SMILES string of the molecule is NC1CCCCc2nc(C3CSCCO3)ncc21. The summed E-state index contributed by atoms with van der Waals surface area (Å²) in [7, 11) is 0. The van der Waals surface area contributed by atoms with Crippen molar-refractivity contribution >= 4 is 11.8 Å². The molecule has 1 fully saturated rings. The molecule has 1 aromatic heterocycles. The third-order valence-electron chi connectivity index (χ3n) is 3.60. The van der Waals surface area contributed by atoms with Crippen molar-refractivity contribution in [1.29, 1.82) is 0 Å². The van der Waals surface area contributed by atoms with E-state index in [4.69, 9.17) is 15.5 Å². The van der Waals surface area contributed by atoms with Crippen LogP contribution >= 0.6 is 11.8 Å². The highest BCUT2D eigenvalue weighted by Crippen LogP contribution is 2.28. The van der Waals surface area contributed by atoms with Gasteiger partial charge in [-0.15, -0.1) is 0 Å². The van der Waals surface area contributed by atoms with Gasteiger partial charge in [-0.25, -0.2) is 9.97 Å². The van der Waals surface area contributed by atoms with Crippen LogP contribution in [0, 0.1) is 0 Å². The summed E-state index contributed by atoms with van der Waals surface area (Å²) in [4.78, 5) is 9.20. The molecule has 2 N–H and O–H groups in total. The zero-order chi connectivity index (χ0) is 12.4. The Bertz CT molecular complexity index is 421. The van der Waals surface area contributed by atoms with Gasteiger partial charge in [-0.1, -0.05) is 6.42 Å². The van der Waals surface area contributed by atoms with Crippen molar-refractivity contribution in [1.82, 2.24) is 9.97 Å². The Morgan fingerprint density at radius 2 is 2.33 bits per heavy atom. The van der Waals surface area contributed by atoms with Gasteiger partial charge in [0.15, 0.2) is 5.82 Å². The van der Waals surface area contributed by atoms with Crippen molar-refractivity contribution < 1.29 is 4.74 Å². The monoisotopic (exact) mass is 265 g/mol. The molecule has 0 bridgehead atoms. The van der Waals surface area contributed by atoms with E-state index in [2.05, 4.69) is 4.98 Å². The van der Waals surface area contributed by atoms with Crippen molar-refractivity contribution in [3.8, 4) is 0 Å². The highest BCUT2D eigenvalue weighted by molar-refractivity contribution is 7.99. The molecule has 0 amide bonds. The Labute approximate surface area is 112 Å². The van der Waals surface area contributed by atoms with E-state index in [0.717, 1.165) is 48.0 Å². The lowest BCUT2D eigenvalue weighted by molar-refractivity contribution is 0.0692. The molecule has 1 aromatic rings. The van der Waals surface area contributed by atoms with Gasteiger partial charge in [0, 0.05) is 35.0 Å². The highest BCUT2D eigenvalue weighted by Gasteiger charge is 2.22. The summed E-state index contributed by atoms with van der Waals surface area (Å²) in [5, 5.41) is 0. The number of hydrogen-bond acceptors (Lipinski definition) is 5. The van der Waals surface area contributed by atoms with Crippen LogP contribution in [0.3, 0.4) is 0 Å². The molecule has 1 aliphatic heterocycles. The first-order chi connectivity index (χ1) is 8.84. The zero-order valence-corrected chi connectivity index (χ0v) is 11.3. The lowest BCUT2D eigenvalue weighted by Crippen LogP contribution is -2.20. The number of thioether (sulfide) groups is 1. The largest absolute Gasteiger partial charge is 0.368 e. The molecule has 0 saturated carbocycles. The second kappa shape index (κ2) is 5.55. The lowest BCUT2D eigenvalue weighted by Gasteiger charge is -2.22. The van der Waals surface area contributed by atoms with E-state index in [0.29, 0.717) is 0 Å². The predicted octanol–water partition coefficient (Wildman–Crippen LogP) is 2.01. The molecule has 2 atom stereocenters. The summed E-state index contributed by atoms with van der Waals surface area (Å²) >= 11 is 1.91. The van der Waals surface area contributed by atoms with Crippen LogP contribution < -0.4 is 5.73 Å². The number of hydrogen-bond donors (Lipinski definition) is 1. The average Bonchev–Trinajstić information content (AvgIpc) is 2.61. The van der Waals surface area contributed by atoms with E-state index in [-0.39, 0.29) is 12.1 Å². The molecule has 1 aliphatic carbocycles. The maximum Gasteiger partial charge on any atom is 0.158 e. The fourth-order valence-corrected chi connectivity index (χ4v) is 3.40. The van der Waals surface area contributed by atoms with E-state index in [1.54, 1.807) is 0 Å². The number of ether oxygens (including phenoxy) is 1. The number of nitrogens with zero attached hydrogens (tertiary/aromatic N) is 2. The van der Waals surface area contributed by atoms with Gasteiger partial charge in [0.05, 0.1) is 6.61 Å². The van der Waals surface area contributed by atoms with Gasteiger partial charge in [0.2, 0.25) is 0 Å². The minimum absolute atomic E-state index is 0.0635. The van der Waals surface area contributed by atoms with Crippen LogP contribution in [0.2, 0.25) is 0 Å². The lowest BCUT2D eigenvalue weighted by atomic mass is 10.1. The third kappa shape index (κ3) is 2.53. The van der Waals surface area contributed by atoms with Crippen LogP contribution in [-0.2, 0) is 11.2 Å². The minimum Gasteiger partial charge on any atom is -0.368 e. The summed E-state index contributed by atoms with van der Waals surface area (Å²) in [6.07, 6.45) is 6.42. The van der Waals surface area contributed by atoms with Gasteiger partial charge in [0.1, 0.15) is 6.10 Å². The molecular weight excluding hydrogens is 246 g/mol. The fraction of sp³-hybridized carbons (Fsp3) is 0.692. The Balaban J connectivity index is 1.87. The quantitative estimate of drug-likeness (QED) is 0.787. The molecule has 0 radical (unpaired) electrons. The molecule has 0 aromatic carbocycles. The van der Waals surface area contributed by atoms with E-state index in [9.17, 15) is 0 Å². The second-order valence-electron chi connectivity index (χ2n) is 4.92. The van der Waals surface area contributed by atoms with Crippen molar-refractivity contribution in [2.24, 2.45) is 5.73 Å². The highest BCUT2D eigenvalue weighted by atomic mass is 32.2. The molecule has 2 heterocycles. The van der Waals surface area contributed by atoms with Gasteiger partial charge in [0.25, 0.3) is 0 Å². The Hall–Kier alpha value is -0.650. The van der Waals surface area contributed by atoms with Crippen molar-refractivity contribution in [3.63, 3.8) is 0 Å². The van der Waals surface area contributed by atoms with E-state index in [1.165, 1.54) is 12.8 Å². The molecule has 4 nitrogen and oxygen atoms in total. The maximum absolute atomic E-state index is 6.16.